The highest BCUT2D eigenvalue weighted by Crippen LogP contribution is 2.09. The Hall–Kier alpha value is -2.32. The van der Waals surface area contributed by atoms with Crippen LogP contribution in [0.2, 0.25) is 0 Å². The number of nitrogens with zero attached hydrogens (tertiary/aromatic N) is 1. The maximum atomic E-state index is 12.0. The van der Waals surface area contributed by atoms with Gasteiger partial charge in [0.05, 0.1) is 6.42 Å². The molecule has 5 N–H and O–H groups in total. The Morgan fingerprint density at radius 1 is 1.55 bits per heavy atom. The first-order valence-electron chi connectivity index (χ1n) is 6.22. The van der Waals surface area contributed by atoms with Crippen LogP contribution in [0.1, 0.15) is 19.8 Å². The Morgan fingerprint density at radius 2 is 2.20 bits per heavy atom. The van der Waals surface area contributed by atoms with Crippen molar-refractivity contribution in [2.75, 3.05) is 13.1 Å². The van der Waals surface area contributed by atoms with Crippen molar-refractivity contribution in [2.24, 2.45) is 5.73 Å². The molecule has 0 saturated carbocycles. The van der Waals surface area contributed by atoms with Crippen molar-refractivity contribution in [3.8, 4) is 0 Å². The number of hydrogen-bond acceptors (Lipinski definition) is 4. The van der Waals surface area contributed by atoms with Gasteiger partial charge in [0.2, 0.25) is 11.8 Å². The minimum absolute atomic E-state index is 0.277. The van der Waals surface area contributed by atoms with E-state index in [0.29, 0.717) is 13.0 Å². The van der Waals surface area contributed by atoms with Gasteiger partial charge < -0.3 is 26.4 Å². The maximum absolute atomic E-state index is 12.0. The van der Waals surface area contributed by atoms with Gasteiger partial charge in [-0.2, -0.15) is 0 Å². The fraction of sp³-hybridized carbons (Fsp3) is 0.636. The van der Waals surface area contributed by atoms with E-state index in [9.17, 15) is 19.2 Å². The number of carbonyl (C=O) groups excluding carboxylic acids is 3. The lowest BCUT2D eigenvalue weighted by atomic mass is 10.1. The molecule has 0 bridgehead atoms. The number of piperazine rings is 1. The van der Waals surface area contributed by atoms with Crippen LogP contribution in [0.4, 0.5) is 4.79 Å². The summed E-state index contributed by atoms with van der Waals surface area (Å²) in [4.78, 5) is 46.6. The maximum Gasteiger partial charge on any atom is 0.326 e. The van der Waals surface area contributed by atoms with Gasteiger partial charge in [-0.3, -0.25) is 9.59 Å². The molecule has 20 heavy (non-hydrogen) atoms. The van der Waals surface area contributed by atoms with Gasteiger partial charge in [-0.1, -0.05) is 6.92 Å². The van der Waals surface area contributed by atoms with Crippen molar-refractivity contribution in [3.05, 3.63) is 0 Å². The van der Waals surface area contributed by atoms with Crippen LogP contribution in [0.15, 0.2) is 0 Å². The van der Waals surface area contributed by atoms with Gasteiger partial charge in [0.15, 0.2) is 0 Å². The van der Waals surface area contributed by atoms with Crippen LogP contribution >= 0.6 is 0 Å². The topological polar surface area (TPSA) is 142 Å². The average molecular weight is 286 g/mol. The number of aliphatic carboxylic acids is 1. The molecular weight excluding hydrogens is 268 g/mol. The van der Waals surface area contributed by atoms with Gasteiger partial charge in [0, 0.05) is 13.1 Å². The van der Waals surface area contributed by atoms with Crippen molar-refractivity contribution < 1.29 is 24.3 Å². The summed E-state index contributed by atoms with van der Waals surface area (Å²) in [5.74, 6) is -2.47. The molecule has 0 spiro atoms. The summed E-state index contributed by atoms with van der Waals surface area (Å²) in [6, 6.07) is -2.74. The molecular formula is C11H18N4O5. The summed E-state index contributed by atoms with van der Waals surface area (Å²) in [5, 5.41) is 13.8. The smallest absolute Gasteiger partial charge is 0.326 e. The highest BCUT2D eigenvalue weighted by molar-refractivity contribution is 5.91. The molecule has 0 aromatic rings. The van der Waals surface area contributed by atoms with E-state index in [2.05, 4.69) is 10.6 Å². The second kappa shape index (κ2) is 6.73. The van der Waals surface area contributed by atoms with E-state index in [1.165, 1.54) is 4.90 Å². The van der Waals surface area contributed by atoms with Crippen molar-refractivity contribution in [1.82, 2.24) is 15.5 Å². The number of rotatable bonds is 5. The fourth-order valence-electron chi connectivity index (χ4n) is 2.00. The van der Waals surface area contributed by atoms with Crippen molar-refractivity contribution in [3.63, 3.8) is 0 Å². The summed E-state index contributed by atoms with van der Waals surface area (Å²) in [6.45, 7) is 2.32. The minimum atomic E-state index is -1.40. The number of nitrogens with one attached hydrogen (secondary N) is 2. The molecule has 1 fully saturated rings. The van der Waals surface area contributed by atoms with Gasteiger partial charge in [0.1, 0.15) is 12.1 Å². The highest BCUT2D eigenvalue weighted by Gasteiger charge is 2.33. The zero-order valence-electron chi connectivity index (χ0n) is 11.1. The molecule has 9 heteroatoms. The molecule has 2 unspecified atom stereocenters. The SMILES string of the molecule is CCC1C(=O)NCCN1C(=O)NC(CC(N)=O)C(=O)O. The van der Waals surface area contributed by atoms with Crippen molar-refractivity contribution >= 4 is 23.8 Å². The summed E-state index contributed by atoms with van der Waals surface area (Å²) in [7, 11) is 0. The standard InChI is InChI=1S/C11H18N4O5/c1-2-7-9(17)13-3-4-15(7)11(20)14-6(10(18)19)5-8(12)16/h6-7H,2-5H2,1H3,(H2,12,16)(H,13,17)(H,14,20)(H,18,19). The van der Waals surface area contributed by atoms with E-state index in [1.54, 1.807) is 6.92 Å². The first-order valence-corrected chi connectivity index (χ1v) is 6.22. The first kappa shape index (κ1) is 15.7. The molecule has 112 valence electrons. The van der Waals surface area contributed by atoms with Crippen LogP contribution in [-0.2, 0) is 14.4 Å². The number of amides is 4. The largest absolute Gasteiger partial charge is 0.480 e. The number of carboxylic acid groups (broad SMARTS) is 1. The number of carbonyl (C=O) groups is 4. The Balaban J connectivity index is 2.74. The lowest BCUT2D eigenvalue weighted by molar-refractivity contribution is -0.141. The third-order valence-corrected chi connectivity index (χ3v) is 2.98. The van der Waals surface area contributed by atoms with Crippen molar-refractivity contribution in [2.45, 2.75) is 31.8 Å². The number of nitrogens with two attached hydrogens (primary N) is 1. The Morgan fingerprint density at radius 3 is 2.70 bits per heavy atom. The average Bonchev–Trinajstić information content (AvgIpc) is 2.36. The van der Waals surface area contributed by atoms with Crippen LogP contribution in [0.3, 0.4) is 0 Å². The normalized spacial score (nSPS) is 19.9. The lowest BCUT2D eigenvalue weighted by Gasteiger charge is -2.35. The molecule has 0 aliphatic carbocycles. The van der Waals surface area contributed by atoms with E-state index in [0.717, 1.165) is 0 Å². The van der Waals surface area contributed by atoms with Gasteiger partial charge in [0.25, 0.3) is 0 Å². The summed E-state index contributed by atoms with van der Waals surface area (Å²) in [6.07, 6.45) is -0.0925. The van der Waals surface area contributed by atoms with E-state index in [-0.39, 0.29) is 12.5 Å². The molecule has 1 saturated heterocycles. The second-order valence-electron chi connectivity index (χ2n) is 4.42. The molecule has 0 aromatic carbocycles. The van der Waals surface area contributed by atoms with Crippen LogP contribution < -0.4 is 16.4 Å². The van der Waals surface area contributed by atoms with Crippen molar-refractivity contribution in [1.29, 1.82) is 0 Å². The molecule has 1 aliphatic heterocycles. The van der Waals surface area contributed by atoms with Crippen LogP contribution in [0, 0.1) is 0 Å². The molecule has 4 amide bonds. The minimum Gasteiger partial charge on any atom is -0.480 e. The zero-order valence-corrected chi connectivity index (χ0v) is 11.1. The molecule has 0 radical (unpaired) electrons. The number of primary amides is 1. The second-order valence-corrected chi connectivity index (χ2v) is 4.42. The van der Waals surface area contributed by atoms with E-state index < -0.39 is 36.4 Å². The molecule has 9 nitrogen and oxygen atoms in total. The van der Waals surface area contributed by atoms with Gasteiger partial charge in [-0.05, 0) is 6.42 Å². The quantitative estimate of drug-likeness (QED) is 0.473. The molecule has 1 aliphatic rings. The molecule has 1 heterocycles. The predicted octanol–water partition coefficient (Wildman–Crippen LogP) is -1.76. The highest BCUT2D eigenvalue weighted by atomic mass is 16.4. The van der Waals surface area contributed by atoms with Crippen LogP contribution in [-0.4, -0.2) is 59.0 Å². The Kier molecular flexibility index (Phi) is 5.30. The Labute approximate surface area is 115 Å². The first-order chi connectivity index (χ1) is 9.36. The third kappa shape index (κ3) is 3.84. The van der Waals surface area contributed by atoms with Crippen LogP contribution in [0.25, 0.3) is 0 Å². The zero-order chi connectivity index (χ0) is 15.3. The third-order valence-electron chi connectivity index (χ3n) is 2.98. The summed E-state index contributed by atoms with van der Waals surface area (Å²) < 4.78 is 0. The number of hydrogen-bond donors (Lipinski definition) is 4. The van der Waals surface area contributed by atoms with Gasteiger partial charge in [-0.25, -0.2) is 9.59 Å². The Bertz CT molecular complexity index is 425. The molecule has 1 rings (SSSR count). The molecule has 2 atom stereocenters. The van der Waals surface area contributed by atoms with Crippen LogP contribution in [0.5, 0.6) is 0 Å². The van der Waals surface area contributed by atoms with E-state index in [4.69, 9.17) is 10.8 Å². The number of urea groups is 1. The summed E-state index contributed by atoms with van der Waals surface area (Å²) >= 11 is 0. The van der Waals surface area contributed by atoms with E-state index >= 15 is 0 Å². The van der Waals surface area contributed by atoms with Gasteiger partial charge >= 0.3 is 12.0 Å². The summed E-state index contributed by atoms with van der Waals surface area (Å²) in [5.41, 5.74) is 4.93. The van der Waals surface area contributed by atoms with E-state index in [1.807, 2.05) is 0 Å². The molecule has 0 aromatic heterocycles. The van der Waals surface area contributed by atoms with Gasteiger partial charge in [-0.15, -0.1) is 0 Å². The fourth-order valence-corrected chi connectivity index (χ4v) is 2.00. The number of carboxylic acids is 1. The predicted molar refractivity (Wildman–Crippen MR) is 67.6 cm³/mol. The monoisotopic (exact) mass is 286 g/mol. The lowest BCUT2D eigenvalue weighted by Crippen LogP contribution is -2.61.